The van der Waals surface area contributed by atoms with E-state index in [1.807, 2.05) is 32.0 Å². The Hall–Kier alpha value is -1.55. The minimum atomic E-state index is -0.622. The molecule has 0 aliphatic carbocycles. The summed E-state index contributed by atoms with van der Waals surface area (Å²) in [5, 5.41) is 23.4. The third kappa shape index (κ3) is 5.87. The molecule has 0 amide bonds. The van der Waals surface area contributed by atoms with E-state index in [0.717, 1.165) is 30.5 Å². The van der Waals surface area contributed by atoms with Crippen molar-refractivity contribution >= 4 is 12.4 Å². The number of halogens is 1. The second kappa shape index (κ2) is 9.56. The molecule has 0 aromatic heterocycles. The van der Waals surface area contributed by atoms with Crippen molar-refractivity contribution in [2.45, 2.75) is 38.8 Å². The number of aliphatic hydroxyl groups excluding tert-OH is 1. The van der Waals surface area contributed by atoms with Crippen molar-refractivity contribution in [1.82, 2.24) is 5.32 Å². The Morgan fingerprint density at radius 2 is 1.91 bits per heavy atom. The van der Waals surface area contributed by atoms with Crippen molar-refractivity contribution in [3.8, 4) is 5.75 Å². The quantitative estimate of drug-likeness (QED) is 0.668. The Labute approximate surface area is 144 Å². The second-order valence-corrected chi connectivity index (χ2v) is 5.82. The summed E-state index contributed by atoms with van der Waals surface area (Å²) in [7, 11) is 0. The number of hydrogen-bond donors (Lipinski definition) is 3. The van der Waals surface area contributed by atoms with Crippen LogP contribution in [-0.2, 0) is 6.42 Å². The van der Waals surface area contributed by atoms with Crippen LogP contribution < -0.4 is 5.32 Å². The fraction of sp³-hybridized carbons (Fsp3) is 0.368. The van der Waals surface area contributed by atoms with Gasteiger partial charge in [-0.3, -0.25) is 0 Å². The number of phenolic OH excluding ortho intramolecular Hbond substituents is 1. The molecule has 2 aromatic carbocycles. The van der Waals surface area contributed by atoms with Gasteiger partial charge in [0, 0.05) is 6.04 Å². The molecule has 0 bridgehead atoms. The molecule has 0 saturated carbocycles. The third-order valence-corrected chi connectivity index (χ3v) is 4.00. The fourth-order valence-corrected chi connectivity index (χ4v) is 2.48. The Kier molecular flexibility index (Phi) is 8.10. The zero-order chi connectivity index (χ0) is 15.9. The largest absolute Gasteiger partial charge is 0.508 e. The van der Waals surface area contributed by atoms with Gasteiger partial charge in [-0.05, 0) is 56.0 Å². The van der Waals surface area contributed by atoms with Gasteiger partial charge in [-0.2, -0.15) is 0 Å². The van der Waals surface area contributed by atoms with Crippen LogP contribution in [0.15, 0.2) is 48.5 Å². The van der Waals surface area contributed by atoms with Crippen LogP contribution in [0.1, 0.15) is 36.1 Å². The van der Waals surface area contributed by atoms with Gasteiger partial charge in [0.05, 0.1) is 6.10 Å². The molecular formula is C19H26ClNO2. The lowest BCUT2D eigenvalue weighted by atomic mass is 10.1. The first-order chi connectivity index (χ1) is 10.6. The van der Waals surface area contributed by atoms with E-state index in [9.17, 15) is 10.2 Å². The summed E-state index contributed by atoms with van der Waals surface area (Å²) in [5.74, 6) is 0.229. The number of hydrogen-bond acceptors (Lipinski definition) is 3. The highest BCUT2D eigenvalue weighted by Gasteiger charge is 2.16. The summed E-state index contributed by atoms with van der Waals surface area (Å²) in [6.45, 7) is 4.66. The van der Waals surface area contributed by atoms with Crippen molar-refractivity contribution in [3.63, 3.8) is 0 Å². The number of aromatic hydroxyl groups is 1. The van der Waals surface area contributed by atoms with Crippen molar-refractivity contribution in [2.75, 3.05) is 6.54 Å². The highest BCUT2D eigenvalue weighted by molar-refractivity contribution is 5.85. The average Bonchev–Trinajstić information content (AvgIpc) is 2.54. The van der Waals surface area contributed by atoms with Crippen LogP contribution in [0.4, 0.5) is 0 Å². The van der Waals surface area contributed by atoms with Crippen LogP contribution >= 0.6 is 12.4 Å². The number of aliphatic hydroxyl groups is 1. The van der Waals surface area contributed by atoms with Crippen LogP contribution in [0.2, 0.25) is 0 Å². The maximum absolute atomic E-state index is 10.3. The van der Waals surface area contributed by atoms with E-state index in [2.05, 4.69) is 29.6 Å². The normalized spacial score (nSPS) is 13.2. The molecule has 3 N–H and O–H groups in total. The Bertz CT molecular complexity index is 589. The molecule has 2 aromatic rings. The van der Waals surface area contributed by atoms with E-state index < -0.39 is 6.10 Å². The lowest BCUT2D eigenvalue weighted by Gasteiger charge is -2.21. The summed E-state index contributed by atoms with van der Waals surface area (Å²) in [5.41, 5.74) is 2.89. The minimum Gasteiger partial charge on any atom is -0.508 e. The molecule has 0 radical (unpaired) electrons. The molecule has 2 rings (SSSR count). The molecule has 0 heterocycles. The average molecular weight is 348 g/mol. The summed E-state index contributed by atoms with van der Waals surface area (Å²) >= 11 is 0. The highest BCUT2D eigenvalue weighted by Crippen LogP contribution is 2.24. The molecule has 2 atom stereocenters. The lowest BCUT2D eigenvalue weighted by Crippen LogP contribution is -2.33. The Morgan fingerprint density at radius 1 is 1.22 bits per heavy atom. The van der Waals surface area contributed by atoms with Gasteiger partial charge in [0.15, 0.2) is 0 Å². The number of benzene rings is 2. The monoisotopic (exact) mass is 347 g/mol. The first-order valence-electron chi connectivity index (χ1n) is 7.83. The Balaban J connectivity index is 0.00000264. The van der Waals surface area contributed by atoms with Gasteiger partial charge < -0.3 is 15.5 Å². The molecule has 0 aliphatic heterocycles. The highest BCUT2D eigenvalue weighted by atomic mass is 35.5. The molecule has 4 heteroatoms. The van der Waals surface area contributed by atoms with Crippen LogP contribution in [0.3, 0.4) is 0 Å². The first kappa shape index (κ1) is 19.5. The van der Waals surface area contributed by atoms with E-state index in [1.165, 1.54) is 5.56 Å². The van der Waals surface area contributed by atoms with E-state index in [4.69, 9.17) is 0 Å². The Morgan fingerprint density at radius 3 is 2.57 bits per heavy atom. The molecule has 2 unspecified atom stereocenters. The van der Waals surface area contributed by atoms with Crippen molar-refractivity contribution < 1.29 is 10.2 Å². The smallest absolute Gasteiger partial charge is 0.118 e. The van der Waals surface area contributed by atoms with Crippen LogP contribution in [-0.4, -0.2) is 22.8 Å². The van der Waals surface area contributed by atoms with Gasteiger partial charge in [0.2, 0.25) is 0 Å². The van der Waals surface area contributed by atoms with Gasteiger partial charge in [-0.15, -0.1) is 12.4 Å². The minimum absolute atomic E-state index is 0. The molecule has 3 nitrogen and oxygen atoms in total. The van der Waals surface area contributed by atoms with Gasteiger partial charge in [-0.25, -0.2) is 0 Å². The summed E-state index contributed by atoms with van der Waals surface area (Å²) < 4.78 is 0. The zero-order valence-corrected chi connectivity index (χ0v) is 14.5. The number of phenols is 1. The molecule has 0 spiro atoms. The molecule has 0 fully saturated rings. The second-order valence-electron chi connectivity index (χ2n) is 5.82. The first-order valence-corrected chi connectivity index (χ1v) is 7.83. The van der Waals surface area contributed by atoms with E-state index >= 15 is 0 Å². The van der Waals surface area contributed by atoms with Crippen LogP contribution in [0.25, 0.3) is 0 Å². The van der Waals surface area contributed by atoms with E-state index in [0.29, 0.717) is 0 Å². The van der Waals surface area contributed by atoms with Crippen molar-refractivity contribution in [3.05, 3.63) is 65.2 Å². The molecule has 0 aliphatic rings. The van der Waals surface area contributed by atoms with Gasteiger partial charge in [0.25, 0.3) is 0 Å². The molecular weight excluding hydrogens is 322 g/mol. The number of aryl methyl sites for hydroxylation is 2. The van der Waals surface area contributed by atoms with Gasteiger partial charge in [0.1, 0.15) is 5.75 Å². The van der Waals surface area contributed by atoms with Crippen molar-refractivity contribution in [2.24, 2.45) is 0 Å². The summed E-state index contributed by atoms with van der Waals surface area (Å²) in [6, 6.07) is 15.7. The maximum atomic E-state index is 10.3. The van der Waals surface area contributed by atoms with Crippen LogP contribution in [0, 0.1) is 6.92 Å². The topological polar surface area (TPSA) is 52.5 Å². The standard InChI is InChI=1S/C19H25NO2.ClH/c1-14-10-11-17(13-18(14)21)19(22)15(2)20-12-6-9-16-7-4-3-5-8-16;/h3-5,7-8,10-11,13,15,19-22H,6,9,12H2,1-2H3;1H/i10+2,11+2,13+2,14+2,17+2,18+2;. The van der Waals surface area contributed by atoms with Gasteiger partial charge >= 0.3 is 0 Å². The van der Waals surface area contributed by atoms with E-state index in [-0.39, 0.29) is 24.2 Å². The summed E-state index contributed by atoms with van der Waals surface area (Å²) in [4.78, 5) is 0. The van der Waals surface area contributed by atoms with Crippen molar-refractivity contribution in [1.29, 1.82) is 0 Å². The predicted molar refractivity (Wildman–Crippen MR) is 97.3 cm³/mol. The van der Waals surface area contributed by atoms with E-state index in [1.54, 1.807) is 6.07 Å². The fourth-order valence-electron chi connectivity index (χ4n) is 2.48. The maximum Gasteiger partial charge on any atom is 0.118 e. The summed E-state index contributed by atoms with van der Waals surface area (Å²) in [6.07, 6.45) is 1.44. The SMILES string of the molecule is CC(NCCCc1ccccc1)C(O)[14c]1[14cH][14cH][14c](C)[14c](O)[14cH]1.Cl. The molecule has 126 valence electrons. The third-order valence-electron chi connectivity index (χ3n) is 4.00. The number of rotatable bonds is 7. The molecule has 0 saturated heterocycles. The lowest BCUT2D eigenvalue weighted by molar-refractivity contribution is 0.136. The number of nitrogens with one attached hydrogen (secondary N) is 1. The predicted octanol–water partition coefficient (Wildman–Crippen LogP) is 3.77. The van der Waals surface area contributed by atoms with Crippen LogP contribution in [0.5, 0.6) is 5.75 Å². The molecule has 23 heavy (non-hydrogen) atoms. The zero-order valence-electron chi connectivity index (χ0n) is 13.7. The van der Waals surface area contributed by atoms with Gasteiger partial charge in [-0.1, -0.05) is 42.5 Å².